The summed E-state index contributed by atoms with van der Waals surface area (Å²) >= 11 is 6.05. The lowest BCUT2D eigenvalue weighted by molar-refractivity contribution is 0.102. The highest BCUT2D eigenvalue weighted by molar-refractivity contribution is 6.31. The number of rotatable bonds is 4. The second-order valence-electron chi connectivity index (χ2n) is 6.03. The predicted molar refractivity (Wildman–Crippen MR) is 102 cm³/mol. The van der Waals surface area contributed by atoms with Gasteiger partial charge in [0.15, 0.2) is 0 Å². The Morgan fingerprint density at radius 2 is 1.96 bits per heavy atom. The second-order valence-corrected chi connectivity index (χ2v) is 6.46. The Morgan fingerprint density at radius 3 is 2.78 bits per heavy atom. The van der Waals surface area contributed by atoms with Crippen LogP contribution in [0, 0.1) is 5.82 Å². The summed E-state index contributed by atoms with van der Waals surface area (Å²) in [5, 5.41) is 8.28. The molecule has 2 aromatic carbocycles. The molecule has 0 saturated carbocycles. The summed E-state index contributed by atoms with van der Waals surface area (Å²) in [7, 11) is 0. The summed E-state index contributed by atoms with van der Waals surface area (Å²) in [6, 6.07) is 13.1. The summed E-state index contributed by atoms with van der Waals surface area (Å²) < 4.78 is 14.7. The molecule has 5 nitrogen and oxygen atoms in total. The molecule has 7 heteroatoms. The van der Waals surface area contributed by atoms with Crippen LogP contribution in [0.2, 0.25) is 5.02 Å². The summed E-state index contributed by atoms with van der Waals surface area (Å²) in [5.74, 6) is -0.553. The van der Waals surface area contributed by atoms with Gasteiger partial charge in [-0.1, -0.05) is 23.7 Å². The second kappa shape index (κ2) is 7.17. The molecular formula is C20H14ClFN4O. The molecular weight excluding hydrogens is 367 g/mol. The molecule has 0 aliphatic carbocycles. The number of hydrogen-bond acceptors (Lipinski definition) is 3. The third-order valence-corrected chi connectivity index (χ3v) is 4.33. The van der Waals surface area contributed by atoms with Crippen LogP contribution in [0.15, 0.2) is 67.1 Å². The molecule has 27 heavy (non-hydrogen) atoms. The largest absolute Gasteiger partial charge is 0.319 e. The maximum atomic E-state index is 13.0. The van der Waals surface area contributed by atoms with E-state index in [1.54, 1.807) is 59.7 Å². The van der Waals surface area contributed by atoms with Crippen LogP contribution < -0.4 is 5.32 Å². The summed E-state index contributed by atoms with van der Waals surface area (Å²) in [6.45, 7) is 0.476. The number of carbonyl (C=O) groups is 1. The van der Waals surface area contributed by atoms with Gasteiger partial charge in [-0.05, 0) is 42.0 Å². The van der Waals surface area contributed by atoms with Crippen LogP contribution >= 0.6 is 11.6 Å². The van der Waals surface area contributed by atoms with Gasteiger partial charge in [-0.15, -0.1) is 0 Å². The third-order valence-electron chi connectivity index (χ3n) is 4.10. The SMILES string of the molecule is O=C(Nc1cnn(Cc2ccc(F)cc2)c1)c1ccnc2ccc(Cl)cc12. The molecule has 1 N–H and O–H groups in total. The molecule has 2 aromatic heterocycles. The zero-order valence-corrected chi connectivity index (χ0v) is 14.8. The Hall–Kier alpha value is -3.25. The minimum absolute atomic E-state index is 0.272. The molecule has 0 unspecified atom stereocenters. The number of benzene rings is 2. The summed E-state index contributed by atoms with van der Waals surface area (Å²) in [6.07, 6.45) is 4.87. The van der Waals surface area contributed by atoms with Crippen molar-refractivity contribution in [2.45, 2.75) is 6.54 Å². The van der Waals surface area contributed by atoms with Gasteiger partial charge in [0.1, 0.15) is 5.82 Å². The Morgan fingerprint density at radius 1 is 1.15 bits per heavy atom. The molecule has 0 bridgehead atoms. The van der Waals surface area contributed by atoms with Crippen LogP contribution in [0.3, 0.4) is 0 Å². The average Bonchev–Trinajstić information content (AvgIpc) is 3.09. The van der Waals surface area contributed by atoms with Crippen molar-refractivity contribution in [3.63, 3.8) is 0 Å². The lowest BCUT2D eigenvalue weighted by atomic mass is 10.1. The molecule has 0 fully saturated rings. The molecule has 0 radical (unpaired) electrons. The van der Waals surface area contributed by atoms with Gasteiger partial charge in [-0.3, -0.25) is 14.5 Å². The van der Waals surface area contributed by atoms with Crippen molar-refractivity contribution in [1.29, 1.82) is 0 Å². The van der Waals surface area contributed by atoms with Crippen molar-refractivity contribution >= 4 is 34.1 Å². The van der Waals surface area contributed by atoms with E-state index in [9.17, 15) is 9.18 Å². The van der Waals surface area contributed by atoms with Gasteiger partial charge in [0, 0.05) is 22.8 Å². The first-order chi connectivity index (χ1) is 13.1. The Bertz CT molecular complexity index is 1120. The zero-order chi connectivity index (χ0) is 18.8. The Kier molecular flexibility index (Phi) is 4.56. The Balaban J connectivity index is 1.53. The van der Waals surface area contributed by atoms with E-state index < -0.39 is 0 Å². The van der Waals surface area contributed by atoms with E-state index in [1.807, 2.05) is 0 Å². The molecule has 2 heterocycles. The van der Waals surface area contributed by atoms with Crippen molar-refractivity contribution in [3.8, 4) is 0 Å². The molecule has 134 valence electrons. The van der Waals surface area contributed by atoms with Gasteiger partial charge in [0.2, 0.25) is 0 Å². The van der Waals surface area contributed by atoms with Gasteiger partial charge >= 0.3 is 0 Å². The first kappa shape index (κ1) is 17.2. The fourth-order valence-corrected chi connectivity index (χ4v) is 2.98. The first-order valence-electron chi connectivity index (χ1n) is 8.21. The van der Waals surface area contributed by atoms with Crippen molar-refractivity contribution in [3.05, 3.63) is 89.1 Å². The number of amides is 1. The number of anilines is 1. The van der Waals surface area contributed by atoms with Crippen LogP contribution in [-0.4, -0.2) is 20.7 Å². The van der Waals surface area contributed by atoms with E-state index in [4.69, 9.17) is 11.6 Å². The topological polar surface area (TPSA) is 59.8 Å². The number of nitrogens with one attached hydrogen (secondary N) is 1. The number of aromatic nitrogens is 3. The van der Waals surface area contributed by atoms with E-state index in [2.05, 4.69) is 15.4 Å². The predicted octanol–water partition coefficient (Wildman–Crippen LogP) is 4.52. The fourth-order valence-electron chi connectivity index (χ4n) is 2.81. The van der Waals surface area contributed by atoms with E-state index in [0.717, 1.165) is 5.56 Å². The highest BCUT2D eigenvalue weighted by atomic mass is 35.5. The standard InChI is InChI=1S/C20H14ClFN4O/c21-14-3-6-19-18(9-14)17(7-8-23-19)20(27)25-16-10-24-26(12-16)11-13-1-4-15(22)5-2-13/h1-10,12H,11H2,(H,25,27). The van der Waals surface area contributed by atoms with Crippen molar-refractivity contribution in [1.82, 2.24) is 14.8 Å². The number of fused-ring (bicyclic) bond motifs is 1. The molecule has 0 saturated heterocycles. The maximum absolute atomic E-state index is 13.0. The smallest absolute Gasteiger partial charge is 0.256 e. The van der Waals surface area contributed by atoms with Crippen molar-refractivity contribution in [2.24, 2.45) is 0 Å². The number of halogens is 2. The maximum Gasteiger partial charge on any atom is 0.256 e. The molecule has 0 aliphatic heterocycles. The molecule has 0 aliphatic rings. The Labute approximate surface area is 159 Å². The molecule has 1 amide bonds. The lowest BCUT2D eigenvalue weighted by Crippen LogP contribution is -2.12. The zero-order valence-electron chi connectivity index (χ0n) is 14.1. The van der Waals surface area contributed by atoms with Crippen LogP contribution in [0.5, 0.6) is 0 Å². The van der Waals surface area contributed by atoms with Crippen LogP contribution in [0.4, 0.5) is 10.1 Å². The minimum Gasteiger partial charge on any atom is -0.319 e. The fraction of sp³-hybridized carbons (Fsp3) is 0.0500. The number of pyridine rings is 1. The van der Waals surface area contributed by atoms with E-state index in [0.29, 0.717) is 33.7 Å². The molecule has 0 spiro atoms. The minimum atomic E-state index is -0.281. The van der Waals surface area contributed by atoms with Gasteiger partial charge in [0.25, 0.3) is 5.91 Å². The highest BCUT2D eigenvalue weighted by Crippen LogP contribution is 2.22. The first-order valence-corrected chi connectivity index (χ1v) is 8.59. The lowest BCUT2D eigenvalue weighted by Gasteiger charge is -2.06. The average molecular weight is 381 g/mol. The van der Waals surface area contributed by atoms with Crippen LogP contribution in [0.1, 0.15) is 15.9 Å². The van der Waals surface area contributed by atoms with E-state index >= 15 is 0 Å². The summed E-state index contributed by atoms with van der Waals surface area (Å²) in [5.41, 5.74) is 2.65. The monoisotopic (exact) mass is 380 g/mol. The van der Waals surface area contributed by atoms with Gasteiger partial charge in [-0.2, -0.15) is 5.10 Å². The molecule has 4 aromatic rings. The van der Waals surface area contributed by atoms with E-state index in [-0.39, 0.29) is 11.7 Å². The quantitative estimate of drug-likeness (QED) is 0.566. The van der Waals surface area contributed by atoms with Crippen molar-refractivity contribution in [2.75, 3.05) is 5.32 Å². The number of hydrogen-bond donors (Lipinski definition) is 1. The third kappa shape index (κ3) is 3.80. The number of nitrogens with zero attached hydrogens (tertiary/aromatic N) is 3. The highest BCUT2D eigenvalue weighted by Gasteiger charge is 2.12. The van der Waals surface area contributed by atoms with Crippen LogP contribution in [0.25, 0.3) is 10.9 Å². The van der Waals surface area contributed by atoms with E-state index in [1.165, 1.54) is 12.1 Å². The summed E-state index contributed by atoms with van der Waals surface area (Å²) in [4.78, 5) is 16.9. The van der Waals surface area contributed by atoms with Gasteiger partial charge < -0.3 is 5.32 Å². The molecule has 4 rings (SSSR count). The van der Waals surface area contributed by atoms with Gasteiger partial charge in [-0.25, -0.2) is 4.39 Å². The van der Waals surface area contributed by atoms with Gasteiger partial charge in [0.05, 0.1) is 29.5 Å². The number of carbonyl (C=O) groups excluding carboxylic acids is 1. The van der Waals surface area contributed by atoms with Crippen LogP contribution in [-0.2, 0) is 6.54 Å². The molecule has 0 atom stereocenters. The van der Waals surface area contributed by atoms with Crippen molar-refractivity contribution < 1.29 is 9.18 Å². The normalized spacial score (nSPS) is 10.9.